The van der Waals surface area contributed by atoms with E-state index in [-0.39, 0.29) is 23.4 Å². The molecule has 1 amide bonds. The molecule has 1 atom stereocenters. The lowest BCUT2D eigenvalue weighted by atomic mass is 9.76. The van der Waals surface area contributed by atoms with Gasteiger partial charge in [0.25, 0.3) is 5.91 Å². The molecule has 3 heterocycles. The van der Waals surface area contributed by atoms with E-state index >= 15 is 0 Å². The van der Waals surface area contributed by atoms with Gasteiger partial charge in [-0.15, -0.1) is 0 Å². The number of ether oxygens (including phenoxy) is 2. The first-order chi connectivity index (χ1) is 12.6. The molecule has 2 fully saturated rings. The van der Waals surface area contributed by atoms with Crippen LogP contribution in [-0.4, -0.2) is 44.2 Å². The molecule has 0 radical (unpaired) electrons. The number of halogens is 1. The van der Waals surface area contributed by atoms with E-state index < -0.39 is 0 Å². The summed E-state index contributed by atoms with van der Waals surface area (Å²) in [5.74, 6) is 0.377. The van der Waals surface area contributed by atoms with Crippen LogP contribution >= 0.6 is 15.9 Å². The average Bonchev–Trinajstić information content (AvgIpc) is 2.96. The average molecular weight is 423 g/mol. The number of hydrogen-bond donors (Lipinski definition) is 2. The second-order valence-electron chi connectivity index (χ2n) is 7.33. The number of piperidine rings is 1. The number of benzene rings is 1. The molecule has 2 saturated heterocycles. The molecular weight excluding hydrogens is 400 g/mol. The molecule has 0 saturated carbocycles. The molecule has 4 rings (SSSR count). The number of cyclic esters (lactones) is 1. The standard InChI is InChI=1S/C19H23BrN2O4/c20-15-4-3-14(16-13(15)2-1-9-25-16)17(23)22-11-12-10-19(18(24)26-12)5-7-21-8-6-19/h3-4,12,21H,1-2,5-11H2,(H,22,23). The van der Waals surface area contributed by atoms with Crippen molar-refractivity contribution in [2.24, 2.45) is 5.41 Å². The van der Waals surface area contributed by atoms with Gasteiger partial charge in [-0.3, -0.25) is 9.59 Å². The lowest BCUT2D eigenvalue weighted by Crippen LogP contribution is -2.39. The molecular formula is C19H23BrN2O4. The molecule has 2 N–H and O–H groups in total. The fourth-order valence-corrected chi connectivity index (χ4v) is 4.68. The number of hydrogen-bond acceptors (Lipinski definition) is 5. The van der Waals surface area contributed by atoms with E-state index in [1.807, 2.05) is 6.07 Å². The number of amides is 1. The number of nitrogens with one attached hydrogen (secondary N) is 2. The zero-order valence-electron chi connectivity index (χ0n) is 14.6. The second-order valence-corrected chi connectivity index (χ2v) is 8.18. The normalized spacial score (nSPS) is 23.9. The first-order valence-electron chi connectivity index (χ1n) is 9.23. The van der Waals surface area contributed by atoms with Gasteiger partial charge in [0.2, 0.25) is 0 Å². The SMILES string of the molecule is O=C(NCC1CC2(CCNCC2)C(=O)O1)c1ccc(Br)c2c1OCCC2. The summed E-state index contributed by atoms with van der Waals surface area (Å²) in [5, 5.41) is 6.21. The summed E-state index contributed by atoms with van der Waals surface area (Å²) < 4.78 is 12.3. The van der Waals surface area contributed by atoms with Crippen molar-refractivity contribution < 1.29 is 19.1 Å². The minimum absolute atomic E-state index is 0.109. The monoisotopic (exact) mass is 422 g/mol. The summed E-state index contributed by atoms with van der Waals surface area (Å²) >= 11 is 3.53. The highest BCUT2D eigenvalue weighted by molar-refractivity contribution is 9.10. The zero-order chi connectivity index (χ0) is 18.1. The molecule has 140 valence electrons. The molecule has 7 heteroatoms. The number of rotatable bonds is 3. The van der Waals surface area contributed by atoms with Crippen LogP contribution in [-0.2, 0) is 16.0 Å². The van der Waals surface area contributed by atoms with Crippen molar-refractivity contribution in [2.75, 3.05) is 26.2 Å². The van der Waals surface area contributed by atoms with Crippen LogP contribution in [0.15, 0.2) is 16.6 Å². The Morgan fingerprint density at radius 3 is 2.96 bits per heavy atom. The van der Waals surface area contributed by atoms with Crippen LogP contribution in [0, 0.1) is 5.41 Å². The first kappa shape index (κ1) is 17.8. The van der Waals surface area contributed by atoms with Crippen molar-refractivity contribution in [3.8, 4) is 5.75 Å². The Morgan fingerprint density at radius 2 is 2.15 bits per heavy atom. The van der Waals surface area contributed by atoms with E-state index in [0.29, 0.717) is 30.9 Å². The van der Waals surface area contributed by atoms with E-state index in [1.165, 1.54) is 0 Å². The largest absolute Gasteiger partial charge is 0.492 e. The highest BCUT2D eigenvalue weighted by atomic mass is 79.9. The van der Waals surface area contributed by atoms with Crippen LogP contribution in [0.3, 0.4) is 0 Å². The van der Waals surface area contributed by atoms with Gasteiger partial charge < -0.3 is 20.1 Å². The second kappa shape index (κ2) is 7.19. The predicted molar refractivity (Wildman–Crippen MR) is 99.3 cm³/mol. The Morgan fingerprint density at radius 1 is 1.35 bits per heavy atom. The van der Waals surface area contributed by atoms with Crippen molar-refractivity contribution in [1.29, 1.82) is 0 Å². The van der Waals surface area contributed by atoms with Gasteiger partial charge in [-0.25, -0.2) is 0 Å². The highest BCUT2D eigenvalue weighted by Crippen LogP contribution is 2.41. The van der Waals surface area contributed by atoms with Crippen molar-refractivity contribution in [3.63, 3.8) is 0 Å². The lowest BCUT2D eigenvalue weighted by molar-refractivity contribution is -0.149. The summed E-state index contributed by atoms with van der Waals surface area (Å²) in [5.41, 5.74) is 1.23. The third-order valence-corrected chi connectivity index (χ3v) is 6.38. The Labute approximate surface area is 161 Å². The van der Waals surface area contributed by atoms with Crippen molar-refractivity contribution in [2.45, 2.75) is 38.2 Å². The van der Waals surface area contributed by atoms with Gasteiger partial charge in [-0.2, -0.15) is 0 Å². The number of carbonyl (C=O) groups is 2. The van der Waals surface area contributed by atoms with E-state index in [9.17, 15) is 9.59 Å². The van der Waals surface area contributed by atoms with Crippen molar-refractivity contribution >= 4 is 27.8 Å². The molecule has 0 aromatic heterocycles. The fourth-order valence-electron chi connectivity index (χ4n) is 4.17. The summed E-state index contributed by atoms with van der Waals surface area (Å²) in [4.78, 5) is 25.0. The molecule has 3 aliphatic rings. The summed E-state index contributed by atoms with van der Waals surface area (Å²) in [7, 11) is 0. The predicted octanol–water partition coefficient (Wildman–Crippen LogP) is 2.19. The van der Waals surface area contributed by atoms with Crippen LogP contribution in [0.2, 0.25) is 0 Å². The minimum Gasteiger partial charge on any atom is -0.492 e. The maximum atomic E-state index is 12.7. The van der Waals surface area contributed by atoms with Crippen molar-refractivity contribution in [1.82, 2.24) is 10.6 Å². The van der Waals surface area contributed by atoms with Crippen LogP contribution in [0.5, 0.6) is 5.75 Å². The number of carbonyl (C=O) groups excluding carboxylic acids is 2. The van der Waals surface area contributed by atoms with E-state index in [1.54, 1.807) is 6.07 Å². The van der Waals surface area contributed by atoms with Crippen LogP contribution in [0.1, 0.15) is 41.6 Å². The molecule has 3 aliphatic heterocycles. The quantitative estimate of drug-likeness (QED) is 0.730. The molecule has 6 nitrogen and oxygen atoms in total. The minimum atomic E-state index is -0.361. The van der Waals surface area contributed by atoms with Crippen LogP contribution < -0.4 is 15.4 Å². The fraction of sp³-hybridized carbons (Fsp3) is 0.579. The van der Waals surface area contributed by atoms with Gasteiger partial charge in [-0.05, 0) is 50.9 Å². The third-order valence-electron chi connectivity index (χ3n) is 5.64. The van der Waals surface area contributed by atoms with E-state index in [4.69, 9.17) is 9.47 Å². The Kier molecular flexibility index (Phi) is 4.92. The lowest BCUT2D eigenvalue weighted by Gasteiger charge is -2.29. The van der Waals surface area contributed by atoms with Crippen molar-refractivity contribution in [3.05, 3.63) is 27.7 Å². The molecule has 1 spiro atoms. The van der Waals surface area contributed by atoms with Gasteiger partial charge in [0, 0.05) is 16.5 Å². The van der Waals surface area contributed by atoms with Crippen LogP contribution in [0.25, 0.3) is 0 Å². The summed E-state index contributed by atoms with van der Waals surface area (Å²) in [6.45, 7) is 2.65. The van der Waals surface area contributed by atoms with Crippen LogP contribution in [0.4, 0.5) is 0 Å². The third kappa shape index (κ3) is 3.22. The summed E-state index contributed by atoms with van der Waals surface area (Å²) in [6, 6.07) is 3.67. The molecule has 1 aromatic carbocycles. The van der Waals surface area contributed by atoms with Gasteiger partial charge in [-0.1, -0.05) is 15.9 Å². The molecule has 0 aliphatic carbocycles. The molecule has 1 unspecified atom stereocenters. The van der Waals surface area contributed by atoms with Gasteiger partial charge in [0.05, 0.1) is 24.1 Å². The number of fused-ring (bicyclic) bond motifs is 1. The molecule has 1 aromatic rings. The van der Waals surface area contributed by atoms with E-state index in [2.05, 4.69) is 26.6 Å². The van der Waals surface area contributed by atoms with Gasteiger partial charge in [0.1, 0.15) is 11.9 Å². The maximum Gasteiger partial charge on any atom is 0.312 e. The molecule has 26 heavy (non-hydrogen) atoms. The highest BCUT2D eigenvalue weighted by Gasteiger charge is 2.49. The van der Waals surface area contributed by atoms with Gasteiger partial charge in [0.15, 0.2) is 0 Å². The smallest absolute Gasteiger partial charge is 0.312 e. The van der Waals surface area contributed by atoms with E-state index in [0.717, 1.165) is 48.8 Å². The molecule has 0 bridgehead atoms. The Hall–Kier alpha value is -1.60. The maximum absolute atomic E-state index is 12.7. The topological polar surface area (TPSA) is 76.7 Å². The first-order valence-corrected chi connectivity index (χ1v) is 10.0. The summed E-state index contributed by atoms with van der Waals surface area (Å²) in [6.07, 6.45) is 3.90. The Bertz CT molecular complexity index is 730. The zero-order valence-corrected chi connectivity index (χ0v) is 16.2. The number of esters is 1. The Balaban J connectivity index is 1.41. The van der Waals surface area contributed by atoms with Gasteiger partial charge >= 0.3 is 5.97 Å².